The second kappa shape index (κ2) is 5.97. The lowest BCUT2D eigenvalue weighted by atomic mass is 10.2. The van der Waals surface area contributed by atoms with E-state index >= 15 is 0 Å². The van der Waals surface area contributed by atoms with E-state index < -0.39 is 5.97 Å². The molecule has 0 radical (unpaired) electrons. The minimum Gasteiger partial charge on any atom is -0.423 e. The second-order valence-corrected chi connectivity index (χ2v) is 4.18. The number of para-hydroxylation sites is 2. The molecule has 96 valence electrons. The number of nitrogens with two attached hydrogens (primary N) is 1. The Morgan fingerprint density at radius 1 is 1.05 bits per heavy atom. The fourth-order valence-corrected chi connectivity index (χ4v) is 1.66. The van der Waals surface area contributed by atoms with Crippen molar-refractivity contribution < 1.29 is 9.53 Å². The van der Waals surface area contributed by atoms with E-state index in [9.17, 15) is 4.79 Å². The molecule has 3 N–H and O–H groups in total. The van der Waals surface area contributed by atoms with Crippen molar-refractivity contribution in [3.8, 4) is 5.75 Å². The molecule has 0 aliphatic heterocycles. The highest BCUT2D eigenvalue weighted by Gasteiger charge is 2.13. The summed E-state index contributed by atoms with van der Waals surface area (Å²) in [4.78, 5) is 12.1. The summed E-state index contributed by atoms with van der Waals surface area (Å²) in [5.74, 6) is 0.0168. The molecule has 0 saturated heterocycles. The van der Waals surface area contributed by atoms with Gasteiger partial charge < -0.3 is 15.8 Å². The monoisotopic (exact) mass is 272 g/mol. The number of ether oxygens (including phenoxy) is 1. The standard InChI is InChI=1S/C14H12N2O2S/c15-14(19)16-12-9-5-4-8-11(12)13(17)18-10-6-2-1-3-7-10/h1-9H,(H3,15,16,19). The van der Waals surface area contributed by atoms with Gasteiger partial charge in [0.25, 0.3) is 0 Å². The number of rotatable bonds is 3. The molecule has 0 heterocycles. The fraction of sp³-hybridized carbons (Fsp3) is 0. The number of benzene rings is 2. The van der Waals surface area contributed by atoms with Gasteiger partial charge in [0.05, 0.1) is 11.3 Å². The molecule has 0 amide bonds. The summed E-state index contributed by atoms with van der Waals surface area (Å²) in [5, 5.41) is 2.85. The Balaban J connectivity index is 2.21. The number of carbonyl (C=O) groups excluding carboxylic acids is 1. The van der Waals surface area contributed by atoms with Crippen LogP contribution < -0.4 is 15.8 Å². The van der Waals surface area contributed by atoms with Crippen molar-refractivity contribution in [2.24, 2.45) is 5.73 Å². The SMILES string of the molecule is NC(=S)Nc1ccccc1C(=O)Oc1ccccc1. The molecule has 0 aliphatic carbocycles. The third-order valence-electron chi connectivity index (χ3n) is 2.36. The first-order valence-electron chi connectivity index (χ1n) is 5.59. The molecule has 0 saturated carbocycles. The predicted octanol–water partition coefficient (Wildman–Crippen LogP) is 2.56. The normalized spacial score (nSPS) is 9.68. The van der Waals surface area contributed by atoms with Crippen LogP contribution in [0.25, 0.3) is 0 Å². The third kappa shape index (κ3) is 3.53. The van der Waals surface area contributed by atoms with Crippen LogP contribution in [0.1, 0.15) is 10.4 Å². The van der Waals surface area contributed by atoms with Gasteiger partial charge in [0, 0.05) is 0 Å². The molecule has 2 aromatic carbocycles. The Morgan fingerprint density at radius 3 is 2.37 bits per heavy atom. The Hall–Kier alpha value is -2.40. The molecule has 0 aromatic heterocycles. The number of thiocarbonyl (C=S) groups is 1. The molecule has 19 heavy (non-hydrogen) atoms. The van der Waals surface area contributed by atoms with Gasteiger partial charge in [-0.15, -0.1) is 0 Å². The van der Waals surface area contributed by atoms with Crippen LogP contribution in [0.4, 0.5) is 5.69 Å². The van der Waals surface area contributed by atoms with Gasteiger partial charge in [-0.25, -0.2) is 4.79 Å². The lowest BCUT2D eigenvalue weighted by Crippen LogP contribution is -2.21. The van der Waals surface area contributed by atoms with Crippen molar-refractivity contribution in [3.05, 3.63) is 60.2 Å². The maximum absolute atomic E-state index is 12.1. The summed E-state index contributed by atoms with van der Waals surface area (Å²) in [6.07, 6.45) is 0. The quantitative estimate of drug-likeness (QED) is 0.511. The van der Waals surface area contributed by atoms with Crippen LogP contribution in [-0.2, 0) is 0 Å². The fourth-order valence-electron chi connectivity index (χ4n) is 1.55. The van der Waals surface area contributed by atoms with Crippen LogP contribution in [0.2, 0.25) is 0 Å². The highest BCUT2D eigenvalue weighted by molar-refractivity contribution is 7.80. The summed E-state index contributed by atoms with van der Waals surface area (Å²) in [7, 11) is 0. The average Bonchev–Trinajstić information content (AvgIpc) is 2.39. The molecule has 2 rings (SSSR count). The molecule has 0 atom stereocenters. The van der Waals surface area contributed by atoms with E-state index in [1.165, 1.54) is 0 Å². The van der Waals surface area contributed by atoms with Gasteiger partial charge in [0.2, 0.25) is 0 Å². The van der Waals surface area contributed by atoms with Crippen LogP contribution in [0, 0.1) is 0 Å². The van der Waals surface area contributed by atoms with Crippen LogP contribution >= 0.6 is 12.2 Å². The van der Waals surface area contributed by atoms with Crippen LogP contribution in [0.5, 0.6) is 5.75 Å². The number of anilines is 1. The summed E-state index contributed by atoms with van der Waals surface area (Å²) >= 11 is 4.77. The minimum absolute atomic E-state index is 0.0972. The van der Waals surface area contributed by atoms with Gasteiger partial charge in [0.15, 0.2) is 5.11 Å². The van der Waals surface area contributed by atoms with Crippen LogP contribution in [0.3, 0.4) is 0 Å². The summed E-state index contributed by atoms with van der Waals surface area (Å²) in [6.45, 7) is 0. The zero-order valence-corrected chi connectivity index (χ0v) is 10.8. The molecule has 0 bridgehead atoms. The van der Waals surface area contributed by atoms with Crippen molar-refractivity contribution >= 4 is 29.0 Å². The first kappa shape index (κ1) is 13.0. The molecule has 0 unspecified atom stereocenters. The van der Waals surface area contributed by atoms with Crippen molar-refractivity contribution in [2.45, 2.75) is 0 Å². The van der Waals surface area contributed by atoms with Crippen molar-refractivity contribution in [1.82, 2.24) is 0 Å². The smallest absolute Gasteiger partial charge is 0.345 e. The highest BCUT2D eigenvalue weighted by atomic mass is 32.1. The minimum atomic E-state index is -0.467. The Morgan fingerprint density at radius 2 is 1.68 bits per heavy atom. The van der Waals surface area contributed by atoms with Gasteiger partial charge >= 0.3 is 5.97 Å². The number of hydrogen-bond donors (Lipinski definition) is 2. The van der Waals surface area contributed by atoms with Gasteiger partial charge in [-0.2, -0.15) is 0 Å². The van der Waals surface area contributed by atoms with Gasteiger partial charge in [0.1, 0.15) is 5.75 Å². The average molecular weight is 272 g/mol. The van der Waals surface area contributed by atoms with E-state index in [0.717, 1.165) is 0 Å². The lowest BCUT2D eigenvalue weighted by Gasteiger charge is -2.10. The number of nitrogens with one attached hydrogen (secondary N) is 1. The largest absolute Gasteiger partial charge is 0.423 e. The first-order chi connectivity index (χ1) is 9.16. The van der Waals surface area contributed by atoms with E-state index in [1.807, 2.05) is 6.07 Å². The van der Waals surface area contributed by atoms with Gasteiger partial charge in [-0.1, -0.05) is 30.3 Å². The topological polar surface area (TPSA) is 64.3 Å². The Labute approximate surface area is 116 Å². The number of hydrogen-bond acceptors (Lipinski definition) is 3. The molecule has 0 fully saturated rings. The molecule has 0 spiro atoms. The number of carbonyl (C=O) groups is 1. The second-order valence-electron chi connectivity index (χ2n) is 3.74. The van der Waals surface area contributed by atoms with Crippen molar-refractivity contribution in [2.75, 3.05) is 5.32 Å². The first-order valence-corrected chi connectivity index (χ1v) is 6.00. The van der Waals surface area contributed by atoms with E-state index in [4.69, 9.17) is 22.7 Å². The van der Waals surface area contributed by atoms with Crippen molar-refractivity contribution in [3.63, 3.8) is 0 Å². The molecule has 4 nitrogen and oxygen atoms in total. The Bertz CT molecular complexity index is 599. The van der Waals surface area contributed by atoms with E-state index in [0.29, 0.717) is 17.0 Å². The summed E-state index contributed by atoms with van der Waals surface area (Å²) in [5.41, 5.74) is 6.31. The molecular formula is C14H12N2O2S. The molecular weight excluding hydrogens is 260 g/mol. The number of esters is 1. The lowest BCUT2D eigenvalue weighted by molar-refractivity contribution is 0.0736. The van der Waals surface area contributed by atoms with Gasteiger partial charge in [-0.05, 0) is 36.5 Å². The van der Waals surface area contributed by atoms with Crippen LogP contribution in [0.15, 0.2) is 54.6 Å². The Kier molecular flexibility index (Phi) is 4.10. The van der Waals surface area contributed by atoms with E-state index in [2.05, 4.69) is 5.32 Å². The maximum Gasteiger partial charge on any atom is 0.345 e. The summed E-state index contributed by atoms with van der Waals surface area (Å²) < 4.78 is 5.26. The van der Waals surface area contributed by atoms with Gasteiger partial charge in [-0.3, -0.25) is 0 Å². The zero-order chi connectivity index (χ0) is 13.7. The van der Waals surface area contributed by atoms with Crippen LogP contribution in [-0.4, -0.2) is 11.1 Å². The molecule has 5 heteroatoms. The maximum atomic E-state index is 12.1. The van der Waals surface area contributed by atoms with E-state index in [1.54, 1.807) is 48.5 Å². The third-order valence-corrected chi connectivity index (χ3v) is 2.46. The predicted molar refractivity (Wildman–Crippen MR) is 78.3 cm³/mol. The highest BCUT2D eigenvalue weighted by Crippen LogP contribution is 2.18. The molecule has 2 aromatic rings. The zero-order valence-electron chi connectivity index (χ0n) is 10.00. The van der Waals surface area contributed by atoms with Crippen molar-refractivity contribution in [1.29, 1.82) is 0 Å². The van der Waals surface area contributed by atoms with E-state index in [-0.39, 0.29) is 5.11 Å². The summed E-state index contributed by atoms with van der Waals surface area (Å²) in [6, 6.07) is 15.7. The molecule has 0 aliphatic rings.